The summed E-state index contributed by atoms with van der Waals surface area (Å²) in [4.78, 5) is 12.5. The number of carbonyl (C=O) groups excluding carboxylic acids is 1. The van der Waals surface area contributed by atoms with Gasteiger partial charge in [-0.1, -0.05) is 60.7 Å². The lowest BCUT2D eigenvalue weighted by Gasteiger charge is -2.12. The van der Waals surface area contributed by atoms with Crippen LogP contribution in [0.25, 0.3) is 10.8 Å². The van der Waals surface area contributed by atoms with E-state index in [0.717, 1.165) is 27.5 Å². The number of hydrogen-bond acceptors (Lipinski definition) is 4. The highest BCUT2D eigenvalue weighted by atomic mass is 16.5. The molecule has 0 fully saturated rings. The number of nitrogens with one attached hydrogen (secondary N) is 1. The van der Waals surface area contributed by atoms with Crippen LogP contribution in [0.2, 0.25) is 0 Å². The quantitative estimate of drug-likeness (QED) is 0.338. The van der Waals surface area contributed by atoms with Crippen molar-refractivity contribution in [2.75, 3.05) is 0 Å². The third kappa shape index (κ3) is 4.66. The van der Waals surface area contributed by atoms with Crippen molar-refractivity contribution in [1.29, 1.82) is 5.26 Å². The van der Waals surface area contributed by atoms with Crippen molar-refractivity contribution < 1.29 is 9.53 Å². The molecule has 5 heteroatoms. The van der Waals surface area contributed by atoms with Crippen LogP contribution in [0.15, 0.2) is 90.0 Å². The number of amides is 1. The molecule has 32 heavy (non-hydrogen) atoms. The zero-order valence-electron chi connectivity index (χ0n) is 17.6. The fraction of sp³-hybridized carbons (Fsp3) is 0.0741. The van der Waals surface area contributed by atoms with E-state index in [1.165, 1.54) is 0 Å². The highest BCUT2D eigenvalue weighted by molar-refractivity contribution is 6.03. The third-order valence-corrected chi connectivity index (χ3v) is 5.13. The van der Waals surface area contributed by atoms with Crippen LogP contribution in [0.5, 0.6) is 5.75 Å². The number of nitrogens with zero attached hydrogens (tertiary/aromatic N) is 2. The van der Waals surface area contributed by atoms with Gasteiger partial charge in [0.2, 0.25) is 0 Å². The molecule has 0 heterocycles. The molecule has 0 spiro atoms. The second-order valence-electron chi connectivity index (χ2n) is 7.31. The number of nitriles is 1. The standard InChI is InChI=1S/C27H21N3O2/c1-19-7-2-4-11-23(19)27(31)30-29-17-25-24-12-5-3-10-22(24)13-14-26(25)32-18-21-9-6-8-20(15-21)16-28/h2-15,17H,18H2,1H3,(H,30,31)/b29-17+. The van der Waals surface area contributed by atoms with E-state index in [4.69, 9.17) is 10.00 Å². The summed E-state index contributed by atoms with van der Waals surface area (Å²) in [5.41, 5.74) is 6.32. The highest BCUT2D eigenvalue weighted by Crippen LogP contribution is 2.27. The molecule has 0 saturated carbocycles. The number of fused-ring (bicyclic) bond motifs is 1. The molecule has 1 amide bonds. The predicted octanol–water partition coefficient (Wildman–Crippen LogP) is 5.36. The maximum Gasteiger partial charge on any atom is 0.271 e. The number of ether oxygens (including phenoxy) is 1. The molecule has 0 aliphatic carbocycles. The first-order chi connectivity index (χ1) is 15.7. The van der Waals surface area contributed by atoms with E-state index in [9.17, 15) is 4.79 Å². The average molecular weight is 419 g/mol. The Kier molecular flexibility index (Phi) is 6.24. The monoisotopic (exact) mass is 419 g/mol. The molecule has 4 aromatic rings. The highest BCUT2D eigenvalue weighted by Gasteiger charge is 2.10. The van der Waals surface area contributed by atoms with Gasteiger partial charge in [-0.2, -0.15) is 10.4 Å². The van der Waals surface area contributed by atoms with Gasteiger partial charge >= 0.3 is 0 Å². The van der Waals surface area contributed by atoms with E-state index in [1.54, 1.807) is 24.4 Å². The topological polar surface area (TPSA) is 74.5 Å². The normalized spacial score (nSPS) is 10.8. The summed E-state index contributed by atoms with van der Waals surface area (Å²) >= 11 is 0. The molecule has 4 rings (SSSR count). The molecule has 4 aromatic carbocycles. The summed E-state index contributed by atoms with van der Waals surface area (Å²) in [5, 5.41) is 15.3. The molecule has 1 N–H and O–H groups in total. The van der Waals surface area contributed by atoms with Crippen LogP contribution in [0, 0.1) is 18.3 Å². The summed E-state index contributed by atoms with van der Waals surface area (Å²) in [6, 6.07) is 28.6. The Morgan fingerprint density at radius 1 is 1.03 bits per heavy atom. The lowest BCUT2D eigenvalue weighted by Crippen LogP contribution is -2.18. The molecule has 0 unspecified atom stereocenters. The van der Waals surface area contributed by atoms with Crippen molar-refractivity contribution >= 4 is 22.9 Å². The van der Waals surface area contributed by atoms with Gasteiger partial charge in [0.15, 0.2) is 0 Å². The SMILES string of the molecule is Cc1ccccc1C(=O)N/N=C/c1c(OCc2cccc(C#N)c2)ccc2ccccc12. The smallest absolute Gasteiger partial charge is 0.271 e. The molecule has 0 atom stereocenters. The van der Waals surface area contributed by atoms with Crippen molar-refractivity contribution in [2.24, 2.45) is 5.10 Å². The summed E-state index contributed by atoms with van der Waals surface area (Å²) < 4.78 is 6.08. The van der Waals surface area contributed by atoms with Crippen LogP contribution in [0.4, 0.5) is 0 Å². The molecular weight excluding hydrogens is 398 g/mol. The van der Waals surface area contributed by atoms with E-state index in [2.05, 4.69) is 16.6 Å². The van der Waals surface area contributed by atoms with Gasteiger partial charge in [-0.15, -0.1) is 0 Å². The fourth-order valence-electron chi connectivity index (χ4n) is 3.47. The first kappa shape index (κ1) is 20.8. The van der Waals surface area contributed by atoms with Gasteiger partial charge in [-0.3, -0.25) is 4.79 Å². The molecule has 0 bridgehead atoms. The Bertz CT molecular complexity index is 1350. The summed E-state index contributed by atoms with van der Waals surface area (Å²) in [6.45, 7) is 2.20. The largest absolute Gasteiger partial charge is 0.488 e. The van der Waals surface area contributed by atoms with Crippen LogP contribution in [-0.4, -0.2) is 12.1 Å². The summed E-state index contributed by atoms with van der Waals surface area (Å²) in [6.07, 6.45) is 1.61. The van der Waals surface area contributed by atoms with Crippen LogP contribution in [-0.2, 0) is 6.61 Å². The average Bonchev–Trinajstić information content (AvgIpc) is 2.83. The maximum atomic E-state index is 12.5. The Balaban J connectivity index is 1.60. The van der Waals surface area contributed by atoms with E-state index in [0.29, 0.717) is 23.5 Å². The van der Waals surface area contributed by atoms with E-state index in [-0.39, 0.29) is 5.91 Å². The van der Waals surface area contributed by atoms with Gasteiger partial charge in [0.25, 0.3) is 5.91 Å². The summed E-state index contributed by atoms with van der Waals surface area (Å²) in [7, 11) is 0. The minimum Gasteiger partial charge on any atom is -0.488 e. The zero-order chi connectivity index (χ0) is 22.3. The van der Waals surface area contributed by atoms with Crippen molar-refractivity contribution in [3.63, 3.8) is 0 Å². The van der Waals surface area contributed by atoms with Crippen molar-refractivity contribution in [2.45, 2.75) is 13.5 Å². The number of rotatable bonds is 6. The predicted molar refractivity (Wildman–Crippen MR) is 126 cm³/mol. The first-order valence-electron chi connectivity index (χ1n) is 10.2. The van der Waals surface area contributed by atoms with Gasteiger partial charge in [0.05, 0.1) is 17.8 Å². The Labute approximate surface area is 186 Å². The van der Waals surface area contributed by atoms with Crippen molar-refractivity contribution in [3.05, 3.63) is 113 Å². The van der Waals surface area contributed by atoms with Gasteiger partial charge in [-0.05, 0) is 53.1 Å². The first-order valence-corrected chi connectivity index (χ1v) is 10.2. The number of carbonyl (C=O) groups is 1. The lowest BCUT2D eigenvalue weighted by atomic mass is 10.0. The van der Waals surface area contributed by atoms with Crippen LogP contribution >= 0.6 is 0 Å². The zero-order valence-corrected chi connectivity index (χ0v) is 17.6. The Morgan fingerprint density at radius 2 is 1.84 bits per heavy atom. The van der Waals surface area contributed by atoms with Crippen molar-refractivity contribution in [3.8, 4) is 11.8 Å². The van der Waals surface area contributed by atoms with Crippen LogP contribution in [0.1, 0.15) is 32.6 Å². The number of aryl methyl sites for hydroxylation is 1. The molecule has 156 valence electrons. The molecular formula is C27H21N3O2. The lowest BCUT2D eigenvalue weighted by molar-refractivity contribution is 0.0954. The van der Waals surface area contributed by atoms with Gasteiger partial charge < -0.3 is 4.74 Å². The molecule has 0 radical (unpaired) electrons. The van der Waals surface area contributed by atoms with Gasteiger partial charge in [-0.25, -0.2) is 5.43 Å². The van der Waals surface area contributed by atoms with Gasteiger partial charge in [0.1, 0.15) is 12.4 Å². The van der Waals surface area contributed by atoms with Crippen LogP contribution in [0.3, 0.4) is 0 Å². The van der Waals surface area contributed by atoms with E-state index >= 15 is 0 Å². The third-order valence-electron chi connectivity index (χ3n) is 5.13. The van der Waals surface area contributed by atoms with E-state index < -0.39 is 0 Å². The maximum absolute atomic E-state index is 12.5. The second kappa shape index (κ2) is 9.59. The molecule has 0 aromatic heterocycles. The molecule has 0 aliphatic rings. The number of benzene rings is 4. The molecule has 0 aliphatic heterocycles. The van der Waals surface area contributed by atoms with Crippen LogP contribution < -0.4 is 10.2 Å². The van der Waals surface area contributed by atoms with E-state index in [1.807, 2.05) is 73.7 Å². The summed E-state index contributed by atoms with van der Waals surface area (Å²) in [5.74, 6) is 0.371. The second-order valence-corrected chi connectivity index (χ2v) is 7.31. The minimum atomic E-state index is -0.268. The number of hydrazone groups is 1. The van der Waals surface area contributed by atoms with Gasteiger partial charge in [0, 0.05) is 11.1 Å². The molecule has 5 nitrogen and oxygen atoms in total. The molecule has 0 saturated heterocycles. The fourth-order valence-corrected chi connectivity index (χ4v) is 3.47. The van der Waals surface area contributed by atoms with Crippen molar-refractivity contribution in [1.82, 2.24) is 5.43 Å². The Hall–Kier alpha value is -4.43. The minimum absolute atomic E-state index is 0.268. The number of hydrogen-bond donors (Lipinski definition) is 1. The Morgan fingerprint density at radius 3 is 2.69 bits per heavy atom.